The lowest BCUT2D eigenvalue weighted by atomic mass is 10.3. The topological polar surface area (TPSA) is 62.1 Å². The maximum atomic E-state index is 11.7. The van der Waals surface area contributed by atoms with Crippen molar-refractivity contribution < 1.29 is 9.53 Å². The van der Waals surface area contributed by atoms with E-state index in [1.54, 1.807) is 11.4 Å². The van der Waals surface area contributed by atoms with Gasteiger partial charge in [0.05, 0.1) is 18.6 Å². The Hall–Kier alpha value is -2.32. The molecule has 19 heavy (non-hydrogen) atoms. The van der Waals surface area contributed by atoms with Crippen molar-refractivity contribution in [2.24, 2.45) is 0 Å². The van der Waals surface area contributed by atoms with E-state index in [-0.39, 0.29) is 12.3 Å². The van der Waals surface area contributed by atoms with Crippen LogP contribution < -0.4 is 10.1 Å². The SMILES string of the molecule is N#Cc1ccsc1NC(=O)CCOc1ccccc1. The van der Waals surface area contributed by atoms with Gasteiger partial charge in [-0.1, -0.05) is 18.2 Å². The van der Waals surface area contributed by atoms with E-state index in [1.807, 2.05) is 36.4 Å². The van der Waals surface area contributed by atoms with Gasteiger partial charge in [0.15, 0.2) is 0 Å². The van der Waals surface area contributed by atoms with Gasteiger partial charge < -0.3 is 10.1 Å². The summed E-state index contributed by atoms with van der Waals surface area (Å²) in [5.41, 5.74) is 0.488. The molecule has 0 saturated heterocycles. The summed E-state index contributed by atoms with van der Waals surface area (Å²) in [6.45, 7) is 0.309. The highest BCUT2D eigenvalue weighted by molar-refractivity contribution is 7.14. The van der Waals surface area contributed by atoms with E-state index >= 15 is 0 Å². The Bertz CT molecular complexity index is 587. The predicted octanol–water partition coefficient (Wildman–Crippen LogP) is 3.03. The monoisotopic (exact) mass is 272 g/mol. The maximum absolute atomic E-state index is 11.7. The van der Waals surface area contributed by atoms with Gasteiger partial charge in [-0.15, -0.1) is 11.3 Å². The van der Waals surface area contributed by atoms with Crippen molar-refractivity contribution in [2.75, 3.05) is 11.9 Å². The molecule has 2 rings (SSSR count). The van der Waals surface area contributed by atoms with Crippen LogP contribution in [-0.4, -0.2) is 12.5 Å². The van der Waals surface area contributed by atoms with Crippen molar-refractivity contribution in [3.8, 4) is 11.8 Å². The molecule has 96 valence electrons. The van der Waals surface area contributed by atoms with Crippen LogP contribution in [0.1, 0.15) is 12.0 Å². The number of hydrogen-bond acceptors (Lipinski definition) is 4. The molecule has 0 aliphatic heterocycles. The molecule has 2 aromatic rings. The second kappa shape index (κ2) is 6.57. The number of carbonyl (C=O) groups excluding carboxylic acids is 1. The van der Waals surface area contributed by atoms with Gasteiger partial charge in [0, 0.05) is 0 Å². The lowest BCUT2D eigenvalue weighted by Crippen LogP contribution is -2.15. The Morgan fingerprint density at radius 1 is 1.32 bits per heavy atom. The molecular formula is C14H12N2O2S. The number of nitriles is 1. The van der Waals surface area contributed by atoms with Gasteiger partial charge in [-0.2, -0.15) is 5.26 Å². The van der Waals surface area contributed by atoms with Crippen LogP contribution in [0.25, 0.3) is 0 Å². The zero-order valence-corrected chi connectivity index (χ0v) is 10.9. The van der Waals surface area contributed by atoms with Crippen molar-refractivity contribution in [3.63, 3.8) is 0 Å². The van der Waals surface area contributed by atoms with Crippen LogP contribution in [0.4, 0.5) is 5.00 Å². The number of ether oxygens (including phenoxy) is 1. The number of carbonyl (C=O) groups is 1. The average molecular weight is 272 g/mol. The van der Waals surface area contributed by atoms with Crippen LogP contribution >= 0.6 is 11.3 Å². The van der Waals surface area contributed by atoms with Gasteiger partial charge in [-0.3, -0.25) is 4.79 Å². The molecule has 1 N–H and O–H groups in total. The van der Waals surface area contributed by atoms with E-state index < -0.39 is 0 Å². The standard InChI is InChI=1S/C14H12N2O2S/c15-10-11-7-9-19-14(11)16-13(17)6-8-18-12-4-2-1-3-5-12/h1-5,7,9H,6,8H2,(H,16,17). The normalized spacial score (nSPS) is 9.63. The van der Waals surface area contributed by atoms with Gasteiger partial charge in [-0.25, -0.2) is 0 Å². The number of nitrogens with one attached hydrogen (secondary N) is 1. The summed E-state index contributed by atoms with van der Waals surface area (Å²) in [6.07, 6.45) is 0.248. The zero-order valence-electron chi connectivity index (χ0n) is 10.1. The first-order valence-corrected chi connectivity index (χ1v) is 6.63. The molecule has 0 spiro atoms. The van der Waals surface area contributed by atoms with Gasteiger partial charge in [0.25, 0.3) is 0 Å². The number of amides is 1. The van der Waals surface area contributed by atoms with Gasteiger partial charge in [0.1, 0.15) is 16.8 Å². The van der Waals surface area contributed by atoms with Crippen LogP contribution in [-0.2, 0) is 4.79 Å². The Balaban J connectivity index is 1.78. The third-order valence-corrected chi connectivity index (χ3v) is 3.21. The molecule has 0 atom stereocenters. The Morgan fingerprint density at radius 2 is 2.11 bits per heavy atom. The van der Waals surface area contributed by atoms with Gasteiger partial charge in [-0.05, 0) is 23.6 Å². The summed E-state index contributed by atoms with van der Waals surface area (Å²) in [6, 6.07) is 13.0. The predicted molar refractivity (Wildman–Crippen MR) is 74.2 cm³/mol. The van der Waals surface area contributed by atoms with E-state index in [2.05, 4.69) is 5.32 Å². The molecule has 1 aromatic heterocycles. The van der Waals surface area contributed by atoms with E-state index in [0.29, 0.717) is 17.2 Å². The number of thiophene rings is 1. The number of benzene rings is 1. The van der Waals surface area contributed by atoms with Crippen molar-refractivity contribution >= 4 is 22.2 Å². The molecule has 0 aliphatic rings. The lowest BCUT2D eigenvalue weighted by Gasteiger charge is -2.06. The summed E-state index contributed by atoms with van der Waals surface area (Å²) in [7, 11) is 0. The minimum atomic E-state index is -0.158. The smallest absolute Gasteiger partial charge is 0.228 e. The first-order valence-electron chi connectivity index (χ1n) is 5.75. The summed E-state index contributed by atoms with van der Waals surface area (Å²) in [4.78, 5) is 11.7. The molecule has 0 unspecified atom stereocenters. The largest absolute Gasteiger partial charge is 0.493 e. The van der Waals surface area contributed by atoms with E-state index in [9.17, 15) is 4.79 Å². The lowest BCUT2D eigenvalue weighted by molar-refractivity contribution is -0.116. The fraction of sp³-hybridized carbons (Fsp3) is 0.143. The Morgan fingerprint density at radius 3 is 2.84 bits per heavy atom. The van der Waals surface area contributed by atoms with Crippen molar-refractivity contribution in [3.05, 3.63) is 47.3 Å². The molecule has 5 heteroatoms. The Labute approximate surface area is 115 Å². The molecule has 0 radical (unpaired) electrons. The van der Waals surface area contributed by atoms with Crippen LogP contribution in [0.15, 0.2) is 41.8 Å². The second-order valence-electron chi connectivity index (χ2n) is 3.73. The van der Waals surface area contributed by atoms with Crippen LogP contribution in [0, 0.1) is 11.3 Å². The first-order chi connectivity index (χ1) is 9.29. The van der Waals surface area contributed by atoms with Crippen molar-refractivity contribution in [1.82, 2.24) is 0 Å². The van der Waals surface area contributed by atoms with Crippen LogP contribution in [0.3, 0.4) is 0 Å². The molecular weight excluding hydrogens is 260 g/mol. The maximum Gasteiger partial charge on any atom is 0.228 e. The highest BCUT2D eigenvalue weighted by Crippen LogP contribution is 2.22. The van der Waals surface area contributed by atoms with Gasteiger partial charge >= 0.3 is 0 Å². The zero-order chi connectivity index (χ0) is 13.5. The van der Waals surface area contributed by atoms with E-state index in [1.165, 1.54) is 11.3 Å². The molecule has 1 amide bonds. The summed E-state index contributed by atoms with van der Waals surface area (Å²) in [5.74, 6) is 0.582. The van der Waals surface area contributed by atoms with Crippen molar-refractivity contribution in [2.45, 2.75) is 6.42 Å². The molecule has 0 saturated carbocycles. The minimum absolute atomic E-state index is 0.158. The molecule has 1 heterocycles. The average Bonchev–Trinajstić information content (AvgIpc) is 2.87. The fourth-order valence-corrected chi connectivity index (χ4v) is 2.22. The van der Waals surface area contributed by atoms with Crippen molar-refractivity contribution in [1.29, 1.82) is 5.26 Å². The number of hydrogen-bond donors (Lipinski definition) is 1. The Kier molecular flexibility index (Phi) is 4.54. The highest BCUT2D eigenvalue weighted by Gasteiger charge is 2.08. The van der Waals surface area contributed by atoms with Crippen LogP contribution in [0.2, 0.25) is 0 Å². The highest BCUT2D eigenvalue weighted by atomic mass is 32.1. The first kappa shape index (κ1) is 13.1. The summed E-state index contributed by atoms with van der Waals surface area (Å²) in [5, 5.41) is 13.9. The van der Waals surface area contributed by atoms with Crippen LogP contribution in [0.5, 0.6) is 5.75 Å². The van der Waals surface area contributed by atoms with E-state index in [4.69, 9.17) is 10.00 Å². The summed E-state index contributed by atoms with van der Waals surface area (Å²) >= 11 is 1.34. The number of para-hydroxylation sites is 1. The number of nitrogens with zero attached hydrogens (tertiary/aromatic N) is 1. The fourth-order valence-electron chi connectivity index (χ4n) is 1.46. The quantitative estimate of drug-likeness (QED) is 0.910. The number of anilines is 1. The third kappa shape index (κ3) is 3.83. The second-order valence-corrected chi connectivity index (χ2v) is 4.65. The third-order valence-electron chi connectivity index (χ3n) is 2.38. The molecule has 0 aliphatic carbocycles. The molecule has 1 aromatic carbocycles. The molecule has 0 fully saturated rings. The summed E-state index contributed by atoms with van der Waals surface area (Å²) < 4.78 is 5.43. The van der Waals surface area contributed by atoms with E-state index in [0.717, 1.165) is 5.75 Å². The molecule has 4 nitrogen and oxygen atoms in total. The number of rotatable bonds is 5. The van der Waals surface area contributed by atoms with Gasteiger partial charge in [0.2, 0.25) is 5.91 Å². The minimum Gasteiger partial charge on any atom is -0.493 e. The molecule has 0 bridgehead atoms.